The summed E-state index contributed by atoms with van der Waals surface area (Å²) in [6, 6.07) is 6.22. The lowest BCUT2D eigenvalue weighted by molar-refractivity contribution is 0.181. The number of benzene rings is 1. The lowest BCUT2D eigenvalue weighted by atomic mass is 10.2. The fraction of sp³-hybridized carbons (Fsp3) is 0.533. The van der Waals surface area contributed by atoms with E-state index < -0.39 is 0 Å². The monoisotopic (exact) mass is 296 g/mol. The van der Waals surface area contributed by atoms with Crippen LogP contribution in [0.1, 0.15) is 37.5 Å². The number of nitrogens with zero attached hydrogens (tertiary/aromatic N) is 2. The molecule has 110 valence electrons. The molecule has 1 heterocycles. The van der Waals surface area contributed by atoms with E-state index in [2.05, 4.69) is 22.5 Å². The lowest BCUT2D eigenvalue weighted by Crippen LogP contribution is -2.11. The Balaban J connectivity index is 2.57. The van der Waals surface area contributed by atoms with Gasteiger partial charge in [-0.1, -0.05) is 6.07 Å². The number of aromatic nitrogens is 2. The van der Waals surface area contributed by atoms with Crippen molar-refractivity contribution in [3.63, 3.8) is 0 Å². The molecule has 1 aromatic carbocycles. The minimum absolute atomic E-state index is 0.155. The first-order chi connectivity index (χ1) is 9.60. The molecule has 0 aliphatic carbocycles. The highest BCUT2D eigenvalue weighted by Crippen LogP contribution is 2.33. The highest BCUT2D eigenvalue weighted by Gasteiger charge is 2.20. The summed E-state index contributed by atoms with van der Waals surface area (Å²) >= 11 is 6.30. The number of hydrogen-bond donors (Lipinski definition) is 0. The van der Waals surface area contributed by atoms with Crippen LogP contribution >= 0.6 is 11.6 Å². The number of ether oxygens (including phenoxy) is 2. The van der Waals surface area contributed by atoms with E-state index in [0.29, 0.717) is 6.61 Å². The van der Waals surface area contributed by atoms with Gasteiger partial charge in [0.05, 0.1) is 18.0 Å². The first-order valence-electron chi connectivity index (χ1n) is 6.78. The number of para-hydroxylation sites is 1. The Morgan fingerprint density at radius 3 is 2.65 bits per heavy atom. The smallest absolute Gasteiger partial charge is 0.146 e. The third kappa shape index (κ3) is 2.76. The van der Waals surface area contributed by atoms with Crippen LogP contribution in [0.5, 0.6) is 5.75 Å². The molecule has 0 N–H and O–H groups in total. The van der Waals surface area contributed by atoms with Crippen LogP contribution in [0.4, 0.5) is 0 Å². The van der Waals surface area contributed by atoms with E-state index in [1.807, 2.05) is 19.1 Å². The molecule has 2 atom stereocenters. The summed E-state index contributed by atoms with van der Waals surface area (Å²) in [5.41, 5.74) is 1.91. The zero-order valence-corrected chi connectivity index (χ0v) is 13.1. The lowest BCUT2D eigenvalue weighted by Gasteiger charge is -2.18. The fourth-order valence-corrected chi connectivity index (χ4v) is 2.59. The van der Waals surface area contributed by atoms with Crippen molar-refractivity contribution in [1.82, 2.24) is 9.55 Å². The van der Waals surface area contributed by atoms with Crippen LogP contribution in [0.3, 0.4) is 0 Å². The molecule has 2 unspecified atom stereocenters. The average molecular weight is 297 g/mol. The zero-order chi connectivity index (χ0) is 14.7. The normalized spacial score (nSPS) is 14.4. The number of fused-ring (bicyclic) bond motifs is 1. The molecule has 2 rings (SSSR count). The van der Waals surface area contributed by atoms with Crippen LogP contribution in [0.2, 0.25) is 0 Å². The topological polar surface area (TPSA) is 36.3 Å². The molecule has 20 heavy (non-hydrogen) atoms. The number of alkyl halides is 1. The second-order valence-electron chi connectivity index (χ2n) is 4.91. The van der Waals surface area contributed by atoms with E-state index in [1.54, 1.807) is 14.2 Å². The van der Waals surface area contributed by atoms with Crippen molar-refractivity contribution < 1.29 is 9.47 Å². The van der Waals surface area contributed by atoms with Gasteiger partial charge in [-0.15, -0.1) is 11.6 Å². The molecule has 2 aromatic rings. The summed E-state index contributed by atoms with van der Waals surface area (Å²) in [6.45, 7) is 4.80. The van der Waals surface area contributed by atoms with Gasteiger partial charge >= 0.3 is 0 Å². The minimum Gasteiger partial charge on any atom is -0.494 e. The number of rotatable bonds is 6. The van der Waals surface area contributed by atoms with Crippen LogP contribution in [0.25, 0.3) is 11.0 Å². The summed E-state index contributed by atoms with van der Waals surface area (Å²) in [7, 11) is 3.37. The van der Waals surface area contributed by atoms with Crippen molar-refractivity contribution in [1.29, 1.82) is 0 Å². The third-order valence-corrected chi connectivity index (χ3v) is 3.66. The average Bonchev–Trinajstić information content (AvgIpc) is 2.84. The molecule has 0 saturated heterocycles. The summed E-state index contributed by atoms with van der Waals surface area (Å²) in [5, 5.41) is -0.155. The SMILES string of the molecule is COCCC(C)n1c(C(C)Cl)nc2c(OC)cccc21. The predicted molar refractivity (Wildman–Crippen MR) is 81.8 cm³/mol. The third-order valence-electron chi connectivity index (χ3n) is 3.47. The molecule has 5 heteroatoms. The van der Waals surface area contributed by atoms with Crippen LogP contribution in [-0.2, 0) is 4.74 Å². The molecular weight excluding hydrogens is 276 g/mol. The van der Waals surface area contributed by atoms with E-state index in [1.165, 1.54) is 0 Å². The van der Waals surface area contributed by atoms with E-state index in [0.717, 1.165) is 29.0 Å². The van der Waals surface area contributed by atoms with Gasteiger partial charge in [0.2, 0.25) is 0 Å². The molecule has 0 fully saturated rings. The molecule has 0 saturated carbocycles. The van der Waals surface area contributed by atoms with Gasteiger partial charge in [0.15, 0.2) is 0 Å². The van der Waals surface area contributed by atoms with Gasteiger partial charge < -0.3 is 14.0 Å². The highest BCUT2D eigenvalue weighted by molar-refractivity contribution is 6.20. The van der Waals surface area contributed by atoms with Crippen molar-refractivity contribution >= 4 is 22.6 Å². The van der Waals surface area contributed by atoms with Crippen molar-refractivity contribution in [2.75, 3.05) is 20.8 Å². The summed E-state index contributed by atoms with van der Waals surface area (Å²) in [5.74, 6) is 1.65. The van der Waals surface area contributed by atoms with Crippen LogP contribution in [0, 0.1) is 0 Å². The molecule has 4 nitrogen and oxygen atoms in total. The Bertz CT molecular complexity index is 581. The predicted octanol–water partition coefficient (Wildman–Crippen LogP) is 3.94. The zero-order valence-electron chi connectivity index (χ0n) is 12.4. The fourth-order valence-electron chi connectivity index (χ4n) is 2.44. The van der Waals surface area contributed by atoms with Gasteiger partial charge in [-0.3, -0.25) is 0 Å². The van der Waals surface area contributed by atoms with Crippen LogP contribution in [0.15, 0.2) is 18.2 Å². The first kappa shape index (κ1) is 15.1. The maximum atomic E-state index is 6.30. The van der Waals surface area contributed by atoms with Gasteiger partial charge in [0.25, 0.3) is 0 Å². The molecule has 0 aliphatic rings. The minimum atomic E-state index is -0.155. The Morgan fingerprint density at radius 1 is 1.30 bits per heavy atom. The number of hydrogen-bond acceptors (Lipinski definition) is 3. The van der Waals surface area contributed by atoms with Crippen molar-refractivity contribution in [3.05, 3.63) is 24.0 Å². The van der Waals surface area contributed by atoms with Gasteiger partial charge in [-0.2, -0.15) is 0 Å². The number of imidazole rings is 1. The second-order valence-corrected chi connectivity index (χ2v) is 5.57. The summed E-state index contributed by atoms with van der Waals surface area (Å²) in [4.78, 5) is 4.68. The number of halogens is 1. The molecular formula is C15H21ClN2O2. The maximum absolute atomic E-state index is 6.30. The van der Waals surface area contributed by atoms with Crippen molar-refractivity contribution in [2.45, 2.75) is 31.7 Å². The molecule has 0 spiro atoms. The highest BCUT2D eigenvalue weighted by atomic mass is 35.5. The van der Waals surface area contributed by atoms with Crippen molar-refractivity contribution in [3.8, 4) is 5.75 Å². The quantitative estimate of drug-likeness (QED) is 0.758. The summed E-state index contributed by atoms with van der Waals surface area (Å²) < 4.78 is 12.8. The Morgan fingerprint density at radius 2 is 2.05 bits per heavy atom. The van der Waals surface area contributed by atoms with Gasteiger partial charge in [0, 0.05) is 19.8 Å². The Kier molecular flexibility index (Phi) is 4.89. The first-order valence-corrected chi connectivity index (χ1v) is 7.21. The summed E-state index contributed by atoms with van der Waals surface area (Å²) in [6.07, 6.45) is 0.912. The largest absolute Gasteiger partial charge is 0.494 e. The molecule has 0 amide bonds. The molecule has 0 aliphatic heterocycles. The Hall–Kier alpha value is -1.26. The van der Waals surface area contributed by atoms with E-state index in [9.17, 15) is 0 Å². The molecule has 0 bridgehead atoms. The Labute approximate surface area is 124 Å². The van der Waals surface area contributed by atoms with E-state index in [4.69, 9.17) is 21.1 Å². The number of methoxy groups -OCH3 is 2. The van der Waals surface area contributed by atoms with E-state index >= 15 is 0 Å². The second kappa shape index (κ2) is 6.46. The van der Waals surface area contributed by atoms with Crippen LogP contribution in [-0.4, -0.2) is 30.4 Å². The van der Waals surface area contributed by atoms with Gasteiger partial charge in [-0.25, -0.2) is 4.98 Å². The standard InChI is InChI=1S/C15H21ClN2O2/c1-10(8-9-19-3)18-12-6-5-7-13(20-4)14(12)17-15(18)11(2)16/h5-7,10-11H,8-9H2,1-4H3. The van der Waals surface area contributed by atoms with E-state index in [-0.39, 0.29) is 11.4 Å². The van der Waals surface area contributed by atoms with Crippen molar-refractivity contribution in [2.24, 2.45) is 0 Å². The molecule has 0 radical (unpaired) electrons. The van der Waals surface area contributed by atoms with Crippen LogP contribution < -0.4 is 4.74 Å². The maximum Gasteiger partial charge on any atom is 0.146 e. The van der Waals surface area contributed by atoms with Gasteiger partial charge in [0.1, 0.15) is 17.1 Å². The van der Waals surface area contributed by atoms with Gasteiger partial charge in [-0.05, 0) is 32.4 Å². The molecule has 1 aromatic heterocycles.